The molecule has 2 N–H and O–H groups in total. The van der Waals surface area contributed by atoms with E-state index in [0.717, 1.165) is 51.1 Å². The van der Waals surface area contributed by atoms with Gasteiger partial charge in [0.05, 0.1) is 12.0 Å². The van der Waals surface area contributed by atoms with Crippen LogP contribution in [0.3, 0.4) is 0 Å². The molecule has 1 fully saturated rings. The summed E-state index contributed by atoms with van der Waals surface area (Å²) in [5, 5.41) is 13.6. The van der Waals surface area contributed by atoms with Gasteiger partial charge in [0, 0.05) is 39.4 Å². The molecule has 5 heteroatoms. The van der Waals surface area contributed by atoms with E-state index in [-0.39, 0.29) is 18.4 Å². The zero-order valence-electron chi connectivity index (χ0n) is 14.8. The molecule has 1 atom stereocenters. The Labute approximate surface area is 145 Å². The van der Waals surface area contributed by atoms with Crippen molar-refractivity contribution in [2.75, 3.05) is 33.4 Å². The molecule has 1 heterocycles. The summed E-state index contributed by atoms with van der Waals surface area (Å²) in [6, 6.07) is 9.57. The summed E-state index contributed by atoms with van der Waals surface area (Å²) in [6.07, 6.45) is 3.07. The first-order valence-corrected chi connectivity index (χ1v) is 8.80. The van der Waals surface area contributed by atoms with Crippen molar-refractivity contribution in [3.8, 4) is 0 Å². The van der Waals surface area contributed by atoms with Crippen molar-refractivity contribution >= 4 is 5.91 Å². The third kappa shape index (κ3) is 5.89. The fourth-order valence-electron chi connectivity index (χ4n) is 3.22. The summed E-state index contributed by atoms with van der Waals surface area (Å²) < 4.78 is 5.08. The molecular formula is C19H30N2O3. The fourth-order valence-corrected chi connectivity index (χ4v) is 3.22. The highest BCUT2D eigenvalue weighted by Crippen LogP contribution is 2.24. The van der Waals surface area contributed by atoms with E-state index in [9.17, 15) is 9.90 Å². The zero-order chi connectivity index (χ0) is 17.4. The molecule has 134 valence electrons. The van der Waals surface area contributed by atoms with Crippen LogP contribution in [-0.2, 0) is 15.1 Å². The van der Waals surface area contributed by atoms with Crippen LogP contribution in [0.15, 0.2) is 30.3 Å². The predicted molar refractivity (Wildman–Crippen MR) is 94.7 cm³/mol. The second kappa shape index (κ2) is 9.16. The Morgan fingerprint density at radius 1 is 1.33 bits per heavy atom. The average molecular weight is 334 g/mol. The van der Waals surface area contributed by atoms with Gasteiger partial charge in [0.2, 0.25) is 5.91 Å². The number of piperidine rings is 1. The number of carbonyl (C=O) groups is 1. The van der Waals surface area contributed by atoms with Crippen LogP contribution in [-0.4, -0.2) is 55.3 Å². The quantitative estimate of drug-likeness (QED) is 0.713. The molecule has 1 amide bonds. The second-order valence-corrected chi connectivity index (χ2v) is 6.85. The minimum atomic E-state index is -1.13. The number of hydrogen-bond acceptors (Lipinski definition) is 4. The first-order valence-electron chi connectivity index (χ1n) is 8.80. The summed E-state index contributed by atoms with van der Waals surface area (Å²) in [5.74, 6) is -0.0818. The maximum Gasteiger partial charge on any atom is 0.223 e. The van der Waals surface area contributed by atoms with E-state index in [1.807, 2.05) is 30.3 Å². The van der Waals surface area contributed by atoms with Crippen LogP contribution in [0, 0.1) is 0 Å². The Morgan fingerprint density at radius 2 is 2.00 bits per heavy atom. The summed E-state index contributed by atoms with van der Waals surface area (Å²) >= 11 is 0. The third-order valence-corrected chi connectivity index (χ3v) is 4.68. The number of nitrogens with zero attached hydrogens (tertiary/aromatic N) is 1. The van der Waals surface area contributed by atoms with Crippen LogP contribution in [0.25, 0.3) is 0 Å². The molecule has 0 spiro atoms. The van der Waals surface area contributed by atoms with Gasteiger partial charge >= 0.3 is 0 Å². The molecule has 1 unspecified atom stereocenters. The van der Waals surface area contributed by atoms with E-state index in [4.69, 9.17) is 4.74 Å². The van der Waals surface area contributed by atoms with Crippen molar-refractivity contribution in [3.05, 3.63) is 35.9 Å². The lowest BCUT2D eigenvalue weighted by Gasteiger charge is -2.33. The van der Waals surface area contributed by atoms with Crippen molar-refractivity contribution in [3.63, 3.8) is 0 Å². The summed E-state index contributed by atoms with van der Waals surface area (Å²) in [5.41, 5.74) is -0.361. The lowest BCUT2D eigenvalue weighted by Crippen LogP contribution is -2.46. The molecule has 0 radical (unpaired) electrons. The van der Waals surface area contributed by atoms with Crippen molar-refractivity contribution in [1.82, 2.24) is 10.2 Å². The number of carbonyl (C=O) groups excluding carboxylic acids is 1. The molecule has 1 saturated heterocycles. The molecule has 24 heavy (non-hydrogen) atoms. The van der Waals surface area contributed by atoms with Gasteiger partial charge in [0.15, 0.2) is 0 Å². The first-order chi connectivity index (χ1) is 11.5. The predicted octanol–water partition coefficient (Wildman–Crippen LogP) is 1.90. The normalized spacial score (nSPS) is 19.0. The van der Waals surface area contributed by atoms with Gasteiger partial charge in [-0.2, -0.15) is 0 Å². The standard InChI is InChI=1S/C19H30N2O3/c1-19(23,16-7-4-3-5-8-16)15-18(22)20-17-9-12-21(13-10-17)11-6-14-24-2/h3-5,7-8,17,23H,6,9-15H2,1-2H3,(H,20,22). The van der Waals surface area contributed by atoms with Gasteiger partial charge in [-0.15, -0.1) is 0 Å². The van der Waals surface area contributed by atoms with E-state index in [1.54, 1.807) is 14.0 Å². The number of methoxy groups -OCH3 is 1. The minimum absolute atomic E-state index is 0.0818. The van der Waals surface area contributed by atoms with Gasteiger partial charge < -0.3 is 20.1 Å². The smallest absolute Gasteiger partial charge is 0.223 e. The third-order valence-electron chi connectivity index (χ3n) is 4.68. The molecule has 0 aromatic heterocycles. The van der Waals surface area contributed by atoms with E-state index < -0.39 is 5.60 Å². The average Bonchev–Trinajstić information content (AvgIpc) is 2.57. The molecule has 1 aliphatic heterocycles. The molecule has 0 aliphatic carbocycles. The monoisotopic (exact) mass is 334 g/mol. The highest BCUT2D eigenvalue weighted by Gasteiger charge is 2.28. The summed E-state index contributed by atoms with van der Waals surface area (Å²) in [4.78, 5) is 14.7. The van der Waals surface area contributed by atoms with Crippen LogP contribution in [0.2, 0.25) is 0 Å². The number of rotatable bonds is 8. The number of ether oxygens (including phenoxy) is 1. The summed E-state index contributed by atoms with van der Waals surface area (Å²) in [6.45, 7) is 5.55. The summed E-state index contributed by atoms with van der Waals surface area (Å²) in [7, 11) is 1.73. The molecule has 1 aromatic rings. The number of likely N-dealkylation sites (tertiary alicyclic amines) is 1. The van der Waals surface area contributed by atoms with Crippen LogP contribution in [0.5, 0.6) is 0 Å². The van der Waals surface area contributed by atoms with Crippen LogP contribution < -0.4 is 5.32 Å². The Morgan fingerprint density at radius 3 is 2.62 bits per heavy atom. The number of nitrogens with one attached hydrogen (secondary N) is 1. The van der Waals surface area contributed by atoms with E-state index in [1.165, 1.54) is 0 Å². The number of aliphatic hydroxyl groups is 1. The fraction of sp³-hybridized carbons (Fsp3) is 0.632. The molecule has 0 saturated carbocycles. The van der Waals surface area contributed by atoms with E-state index in [2.05, 4.69) is 10.2 Å². The van der Waals surface area contributed by atoms with Gasteiger partial charge in [-0.25, -0.2) is 0 Å². The van der Waals surface area contributed by atoms with Crippen molar-refractivity contribution < 1.29 is 14.6 Å². The van der Waals surface area contributed by atoms with Crippen LogP contribution >= 0.6 is 0 Å². The molecule has 2 rings (SSSR count). The highest BCUT2D eigenvalue weighted by molar-refractivity contribution is 5.77. The number of benzene rings is 1. The van der Waals surface area contributed by atoms with Gasteiger partial charge in [0.25, 0.3) is 0 Å². The Kier molecular flexibility index (Phi) is 7.21. The Bertz CT molecular complexity index is 497. The van der Waals surface area contributed by atoms with Gasteiger partial charge in [-0.05, 0) is 31.7 Å². The largest absolute Gasteiger partial charge is 0.385 e. The van der Waals surface area contributed by atoms with Crippen molar-refractivity contribution in [1.29, 1.82) is 0 Å². The zero-order valence-corrected chi connectivity index (χ0v) is 14.8. The maximum atomic E-state index is 12.3. The lowest BCUT2D eigenvalue weighted by atomic mass is 9.92. The van der Waals surface area contributed by atoms with Crippen molar-refractivity contribution in [2.24, 2.45) is 0 Å². The number of amides is 1. The molecule has 1 aliphatic rings. The molecular weight excluding hydrogens is 304 g/mol. The van der Waals surface area contributed by atoms with Crippen LogP contribution in [0.1, 0.15) is 38.2 Å². The second-order valence-electron chi connectivity index (χ2n) is 6.85. The van der Waals surface area contributed by atoms with Crippen LogP contribution in [0.4, 0.5) is 0 Å². The maximum absolute atomic E-state index is 12.3. The SMILES string of the molecule is COCCCN1CCC(NC(=O)CC(C)(O)c2ccccc2)CC1. The molecule has 0 bridgehead atoms. The number of hydrogen-bond donors (Lipinski definition) is 2. The molecule has 5 nitrogen and oxygen atoms in total. The highest BCUT2D eigenvalue weighted by atomic mass is 16.5. The first kappa shape index (κ1) is 18.9. The van der Waals surface area contributed by atoms with Gasteiger partial charge in [-0.3, -0.25) is 4.79 Å². The van der Waals surface area contributed by atoms with Gasteiger partial charge in [-0.1, -0.05) is 30.3 Å². The minimum Gasteiger partial charge on any atom is -0.385 e. The van der Waals surface area contributed by atoms with E-state index in [0.29, 0.717) is 0 Å². The Hall–Kier alpha value is -1.43. The topological polar surface area (TPSA) is 61.8 Å². The van der Waals surface area contributed by atoms with Crippen molar-refractivity contribution in [2.45, 2.75) is 44.2 Å². The lowest BCUT2D eigenvalue weighted by molar-refractivity contribution is -0.126. The Balaban J connectivity index is 1.73. The van der Waals surface area contributed by atoms with E-state index >= 15 is 0 Å². The van der Waals surface area contributed by atoms with Gasteiger partial charge in [0.1, 0.15) is 0 Å². The molecule has 1 aromatic carbocycles.